The van der Waals surface area contributed by atoms with Gasteiger partial charge in [0, 0.05) is 5.56 Å². The highest BCUT2D eigenvalue weighted by atomic mass is 31.2. The summed E-state index contributed by atoms with van der Waals surface area (Å²) in [6.45, 7) is -1.57. The Morgan fingerprint density at radius 3 is 2.84 bits per heavy atom. The van der Waals surface area contributed by atoms with Crippen molar-refractivity contribution in [2.24, 2.45) is 0 Å². The number of phosphoric acid groups is 1. The first kappa shape index (κ1) is 22.7. The Morgan fingerprint density at radius 2 is 2.12 bits per heavy atom. The number of ether oxygens (including phenoxy) is 1. The van der Waals surface area contributed by atoms with E-state index in [2.05, 4.69) is 4.98 Å². The van der Waals surface area contributed by atoms with Gasteiger partial charge in [-0.05, 0) is 6.07 Å². The number of rotatable bonds is 5. The number of nitrogens with zero attached hydrogens (tertiary/aromatic N) is 2. The topological polar surface area (TPSA) is 135 Å². The first-order valence-corrected chi connectivity index (χ1v) is 10.5. The van der Waals surface area contributed by atoms with Crippen molar-refractivity contribution in [1.82, 2.24) is 9.55 Å². The second kappa shape index (κ2) is 8.12. The normalized spacial score (nSPS) is 32.0. The number of alkyl halides is 3. The van der Waals surface area contributed by atoms with Gasteiger partial charge in [0.2, 0.25) is 0 Å². The minimum atomic E-state index is -4.45. The van der Waals surface area contributed by atoms with Crippen molar-refractivity contribution in [1.29, 1.82) is 0 Å². The van der Waals surface area contributed by atoms with Gasteiger partial charge in [0.15, 0.2) is 29.6 Å². The molecule has 4 rings (SSSR count). The van der Waals surface area contributed by atoms with Gasteiger partial charge in [-0.15, -0.1) is 0 Å². The number of anilines is 1. The molecule has 0 amide bonds. The third-order valence-electron chi connectivity index (χ3n) is 5.00. The van der Waals surface area contributed by atoms with E-state index < -0.39 is 62.3 Å². The number of nitrogen functional groups attached to an aromatic ring is 1. The summed E-state index contributed by atoms with van der Waals surface area (Å²) in [7, 11) is -4.45. The van der Waals surface area contributed by atoms with E-state index in [0.29, 0.717) is 11.8 Å². The molecule has 2 aromatic rings. The Labute approximate surface area is 177 Å². The Bertz CT molecular complexity index is 1140. The van der Waals surface area contributed by atoms with Gasteiger partial charge in [-0.3, -0.25) is 13.6 Å². The fraction of sp³-hybridized carbons (Fsp3) is 0.412. The molecule has 3 heterocycles. The van der Waals surface area contributed by atoms with Crippen molar-refractivity contribution in [2.75, 3.05) is 12.3 Å². The molecule has 0 bridgehead atoms. The number of phosphoric ester groups is 1. The Balaban J connectivity index is 1.59. The van der Waals surface area contributed by atoms with Crippen molar-refractivity contribution >= 4 is 13.6 Å². The van der Waals surface area contributed by atoms with E-state index >= 15 is 0 Å². The average Bonchev–Trinajstić information content (AvgIpc) is 3.01. The molecule has 1 fully saturated rings. The SMILES string of the molecule is Nc1nc(=O)n([C@@H]2O[C@@](COP3(=O)OCc4ccccc4O3)(C(F)F)[C@@H](O)[C@@H]2F)cc1F. The molecule has 3 N–H and O–H groups in total. The van der Waals surface area contributed by atoms with Crippen LogP contribution in [0.5, 0.6) is 5.75 Å². The Hall–Kier alpha value is -2.51. The molecule has 1 saturated heterocycles. The van der Waals surface area contributed by atoms with Crippen molar-refractivity contribution in [3.63, 3.8) is 0 Å². The van der Waals surface area contributed by atoms with Crippen LogP contribution < -0.4 is 15.9 Å². The van der Waals surface area contributed by atoms with E-state index in [1.807, 2.05) is 0 Å². The number of hydrogen-bond acceptors (Lipinski definition) is 9. The predicted octanol–water partition coefficient (Wildman–Crippen LogP) is 1.93. The van der Waals surface area contributed by atoms with Crippen molar-refractivity contribution in [2.45, 2.75) is 37.1 Å². The molecule has 15 heteroatoms. The van der Waals surface area contributed by atoms with Crippen LogP contribution in [0.4, 0.5) is 23.4 Å². The minimum Gasteiger partial charge on any atom is -0.404 e. The number of benzene rings is 1. The molecule has 0 spiro atoms. The molecular formula is C17H16F4N3O7P. The molecule has 0 radical (unpaired) electrons. The molecule has 1 aromatic carbocycles. The highest BCUT2D eigenvalue weighted by Crippen LogP contribution is 2.56. The monoisotopic (exact) mass is 481 g/mol. The van der Waals surface area contributed by atoms with Crippen molar-refractivity contribution < 1.29 is 45.5 Å². The molecule has 2 aliphatic rings. The Morgan fingerprint density at radius 1 is 1.41 bits per heavy atom. The average molecular weight is 481 g/mol. The summed E-state index contributed by atoms with van der Waals surface area (Å²) < 4.78 is 89.4. The molecule has 10 nitrogen and oxygen atoms in total. The number of halogens is 4. The van der Waals surface area contributed by atoms with Crippen LogP contribution in [-0.2, 0) is 25.0 Å². The lowest BCUT2D eigenvalue weighted by atomic mass is 9.97. The fourth-order valence-corrected chi connectivity index (χ4v) is 4.51. The maximum Gasteiger partial charge on any atom is 0.530 e. The minimum absolute atomic E-state index is 0.122. The standard InChI is InChI=1S/C17H16F4N3O7P/c18-9-5-24(16(26)23-13(9)22)14-11(19)12(25)17(30-14,15(20)21)7-29-32(27)28-6-8-3-1-2-4-10(8)31-32/h1-5,11-12,14-15,25H,6-7H2,(H2,22,23,26)/t11-,12-,14+,17+,32?/m0/s1. The summed E-state index contributed by atoms with van der Waals surface area (Å²) in [6, 6.07) is 6.28. The van der Waals surface area contributed by atoms with Gasteiger partial charge >= 0.3 is 13.5 Å². The van der Waals surface area contributed by atoms with Crippen molar-refractivity contribution in [3.8, 4) is 5.75 Å². The Kier molecular flexibility index (Phi) is 5.75. The lowest BCUT2D eigenvalue weighted by Gasteiger charge is -2.32. The van der Waals surface area contributed by atoms with Gasteiger partial charge in [-0.1, -0.05) is 18.2 Å². The lowest BCUT2D eigenvalue weighted by molar-refractivity contribution is -0.194. The third-order valence-corrected chi connectivity index (χ3v) is 6.31. The molecule has 0 saturated carbocycles. The van der Waals surface area contributed by atoms with Crippen molar-refractivity contribution in [3.05, 3.63) is 52.3 Å². The van der Waals surface area contributed by atoms with Gasteiger partial charge in [0.1, 0.15) is 11.9 Å². The second-order valence-electron chi connectivity index (χ2n) is 7.01. The number of hydrogen-bond donors (Lipinski definition) is 2. The van der Waals surface area contributed by atoms with Gasteiger partial charge in [-0.25, -0.2) is 26.9 Å². The van der Waals surface area contributed by atoms with Crippen LogP contribution in [0.2, 0.25) is 0 Å². The molecule has 5 atom stereocenters. The molecule has 2 aliphatic heterocycles. The van der Waals surface area contributed by atoms with Crippen LogP contribution in [0.25, 0.3) is 0 Å². The summed E-state index contributed by atoms with van der Waals surface area (Å²) in [5.41, 5.74) is 1.26. The molecule has 32 heavy (non-hydrogen) atoms. The van der Waals surface area contributed by atoms with E-state index in [-0.39, 0.29) is 16.9 Å². The quantitative estimate of drug-likeness (QED) is 0.485. The highest BCUT2D eigenvalue weighted by molar-refractivity contribution is 7.49. The second-order valence-corrected chi connectivity index (χ2v) is 8.60. The third kappa shape index (κ3) is 3.77. The molecular weight excluding hydrogens is 465 g/mol. The van der Waals surface area contributed by atoms with Crippen LogP contribution in [0.3, 0.4) is 0 Å². The fourth-order valence-electron chi connectivity index (χ4n) is 3.25. The molecule has 0 aliphatic carbocycles. The van der Waals surface area contributed by atoms with E-state index in [1.54, 1.807) is 18.2 Å². The number of aliphatic hydroxyl groups excluding tert-OH is 1. The first-order valence-electron chi connectivity index (χ1n) is 9.05. The van der Waals surface area contributed by atoms with Crippen LogP contribution in [0, 0.1) is 5.82 Å². The van der Waals surface area contributed by atoms with Crippen LogP contribution in [0.15, 0.2) is 35.3 Å². The number of para-hydroxylation sites is 1. The summed E-state index contributed by atoms with van der Waals surface area (Å²) >= 11 is 0. The smallest absolute Gasteiger partial charge is 0.404 e. The maximum absolute atomic E-state index is 14.8. The predicted molar refractivity (Wildman–Crippen MR) is 98.0 cm³/mol. The van der Waals surface area contributed by atoms with Crippen LogP contribution >= 0.6 is 7.82 Å². The number of aromatic nitrogens is 2. The largest absolute Gasteiger partial charge is 0.530 e. The molecule has 1 aromatic heterocycles. The zero-order valence-electron chi connectivity index (χ0n) is 15.9. The van der Waals surface area contributed by atoms with Gasteiger partial charge in [-0.2, -0.15) is 4.98 Å². The summed E-state index contributed by atoms with van der Waals surface area (Å²) in [5.74, 6) is -1.92. The summed E-state index contributed by atoms with van der Waals surface area (Å²) in [6.07, 6.45) is -10.6. The maximum atomic E-state index is 14.8. The number of aliphatic hydroxyl groups is 1. The van der Waals surface area contributed by atoms with E-state index in [9.17, 15) is 32.0 Å². The zero-order valence-corrected chi connectivity index (χ0v) is 16.8. The summed E-state index contributed by atoms with van der Waals surface area (Å²) in [5, 5.41) is 10.2. The lowest BCUT2D eigenvalue weighted by Crippen LogP contribution is -2.52. The van der Waals surface area contributed by atoms with Crippen LogP contribution in [0.1, 0.15) is 11.8 Å². The summed E-state index contributed by atoms with van der Waals surface area (Å²) in [4.78, 5) is 15.1. The molecule has 1 unspecified atom stereocenters. The number of fused-ring (bicyclic) bond motifs is 1. The first-order chi connectivity index (χ1) is 15.1. The van der Waals surface area contributed by atoms with Crippen LogP contribution in [-0.4, -0.2) is 45.6 Å². The number of nitrogens with two attached hydrogens (primary N) is 1. The highest BCUT2D eigenvalue weighted by Gasteiger charge is 2.62. The molecule has 174 valence electrons. The van der Waals surface area contributed by atoms with Gasteiger partial charge < -0.3 is 20.1 Å². The van der Waals surface area contributed by atoms with E-state index in [1.165, 1.54) is 6.07 Å². The van der Waals surface area contributed by atoms with E-state index in [0.717, 1.165) is 0 Å². The van der Waals surface area contributed by atoms with Gasteiger partial charge in [0.25, 0.3) is 6.43 Å². The zero-order chi connectivity index (χ0) is 23.3. The van der Waals surface area contributed by atoms with E-state index in [4.69, 9.17) is 24.0 Å². The van der Waals surface area contributed by atoms with Gasteiger partial charge in [0.05, 0.1) is 19.4 Å².